The van der Waals surface area contributed by atoms with Crippen LogP contribution in [0.3, 0.4) is 0 Å². The Morgan fingerprint density at radius 1 is 0.966 bits per heavy atom. The first kappa shape index (κ1) is 20.7. The van der Waals surface area contributed by atoms with Crippen LogP contribution in [-0.4, -0.2) is 44.3 Å². The number of carbonyl (C=O) groups is 2. The molecule has 1 heterocycles. The molecule has 0 radical (unpaired) electrons. The second-order valence-corrected chi connectivity index (χ2v) is 6.94. The number of amides is 3. The predicted molar refractivity (Wildman–Crippen MR) is 115 cm³/mol. The molecule has 1 atom stereocenters. The molecule has 0 bridgehead atoms. The van der Waals surface area contributed by atoms with Gasteiger partial charge in [0.1, 0.15) is 6.04 Å². The number of anilines is 3. The molecule has 154 valence electrons. The standard InChI is InChI=1S/C22H28N4O3/c1-2-6-20(25-22(28)24-17-7-4-3-5-8-17)21(27)23-18-9-11-19(12-10-18)26-13-15-29-16-14-26/h3-5,7-12,20H,2,6,13-16H2,1H3,(H,23,27)(H2,24,25,28). The highest BCUT2D eigenvalue weighted by Gasteiger charge is 2.20. The zero-order chi connectivity index (χ0) is 20.5. The van der Waals surface area contributed by atoms with Crippen LogP contribution >= 0.6 is 0 Å². The molecular weight excluding hydrogens is 368 g/mol. The number of nitrogens with one attached hydrogen (secondary N) is 3. The molecule has 29 heavy (non-hydrogen) atoms. The van der Waals surface area contributed by atoms with Crippen LogP contribution in [0.4, 0.5) is 21.9 Å². The van der Waals surface area contributed by atoms with Crippen molar-refractivity contribution in [3.63, 3.8) is 0 Å². The Kier molecular flexibility index (Phi) is 7.47. The fourth-order valence-electron chi connectivity index (χ4n) is 3.21. The van der Waals surface area contributed by atoms with Crippen molar-refractivity contribution >= 4 is 29.0 Å². The molecular formula is C22H28N4O3. The zero-order valence-electron chi connectivity index (χ0n) is 16.7. The summed E-state index contributed by atoms with van der Waals surface area (Å²) in [5.74, 6) is -0.228. The van der Waals surface area contributed by atoms with Crippen molar-refractivity contribution in [1.29, 1.82) is 0 Å². The van der Waals surface area contributed by atoms with Gasteiger partial charge in [-0.1, -0.05) is 31.5 Å². The molecule has 1 aliphatic heterocycles. The molecule has 7 heteroatoms. The Morgan fingerprint density at radius 3 is 2.28 bits per heavy atom. The molecule has 0 saturated carbocycles. The Morgan fingerprint density at radius 2 is 1.62 bits per heavy atom. The third-order valence-corrected chi connectivity index (χ3v) is 4.74. The van der Waals surface area contributed by atoms with Crippen molar-refractivity contribution < 1.29 is 14.3 Å². The molecule has 1 aliphatic rings. The van der Waals surface area contributed by atoms with E-state index in [-0.39, 0.29) is 5.91 Å². The van der Waals surface area contributed by atoms with Gasteiger partial charge in [-0.25, -0.2) is 4.79 Å². The summed E-state index contributed by atoms with van der Waals surface area (Å²) in [6.07, 6.45) is 1.33. The summed E-state index contributed by atoms with van der Waals surface area (Å²) < 4.78 is 5.38. The van der Waals surface area contributed by atoms with E-state index in [1.807, 2.05) is 49.4 Å². The van der Waals surface area contributed by atoms with Crippen molar-refractivity contribution in [1.82, 2.24) is 5.32 Å². The number of morpholine rings is 1. The maximum Gasteiger partial charge on any atom is 0.319 e. The number of hydrogen-bond donors (Lipinski definition) is 3. The molecule has 0 aliphatic carbocycles. The van der Waals surface area contributed by atoms with E-state index in [9.17, 15) is 9.59 Å². The second-order valence-electron chi connectivity index (χ2n) is 6.94. The van der Waals surface area contributed by atoms with Gasteiger partial charge in [-0.3, -0.25) is 4.79 Å². The van der Waals surface area contributed by atoms with Crippen LogP contribution in [0.1, 0.15) is 19.8 Å². The lowest BCUT2D eigenvalue weighted by molar-refractivity contribution is -0.118. The Balaban J connectivity index is 1.56. The average molecular weight is 396 g/mol. The highest BCUT2D eigenvalue weighted by Crippen LogP contribution is 2.19. The summed E-state index contributed by atoms with van der Waals surface area (Å²) in [4.78, 5) is 27.2. The molecule has 0 spiro atoms. The molecule has 0 aromatic heterocycles. The van der Waals surface area contributed by atoms with E-state index in [2.05, 4.69) is 20.9 Å². The van der Waals surface area contributed by atoms with Gasteiger partial charge in [-0.05, 0) is 42.8 Å². The minimum absolute atomic E-state index is 0.228. The van der Waals surface area contributed by atoms with E-state index in [0.717, 1.165) is 38.4 Å². The number of urea groups is 1. The lowest BCUT2D eigenvalue weighted by Gasteiger charge is -2.29. The molecule has 7 nitrogen and oxygen atoms in total. The largest absolute Gasteiger partial charge is 0.378 e. The maximum absolute atomic E-state index is 12.7. The van der Waals surface area contributed by atoms with Crippen molar-refractivity contribution in [2.75, 3.05) is 41.8 Å². The summed E-state index contributed by atoms with van der Waals surface area (Å²) in [5.41, 5.74) is 2.49. The lowest BCUT2D eigenvalue weighted by Crippen LogP contribution is -2.45. The van der Waals surface area contributed by atoms with Gasteiger partial charge in [-0.15, -0.1) is 0 Å². The number of hydrogen-bond acceptors (Lipinski definition) is 4. The van der Waals surface area contributed by atoms with Gasteiger partial charge >= 0.3 is 6.03 Å². The van der Waals surface area contributed by atoms with Gasteiger partial charge in [0.15, 0.2) is 0 Å². The highest BCUT2D eigenvalue weighted by atomic mass is 16.5. The van der Waals surface area contributed by atoms with E-state index in [0.29, 0.717) is 17.8 Å². The molecule has 3 amide bonds. The van der Waals surface area contributed by atoms with E-state index in [4.69, 9.17) is 4.74 Å². The van der Waals surface area contributed by atoms with E-state index in [1.54, 1.807) is 12.1 Å². The Labute approximate surface area is 171 Å². The van der Waals surface area contributed by atoms with Crippen LogP contribution in [-0.2, 0) is 9.53 Å². The fraction of sp³-hybridized carbons (Fsp3) is 0.364. The van der Waals surface area contributed by atoms with Crippen molar-refractivity contribution in [2.45, 2.75) is 25.8 Å². The smallest absolute Gasteiger partial charge is 0.319 e. The SMILES string of the molecule is CCCC(NC(=O)Nc1ccccc1)C(=O)Nc1ccc(N2CCOCC2)cc1. The van der Waals surface area contributed by atoms with Gasteiger partial charge < -0.3 is 25.6 Å². The number of ether oxygens (including phenoxy) is 1. The second kappa shape index (κ2) is 10.5. The third kappa shape index (κ3) is 6.22. The first-order valence-electron chi connectivity index (χ1n) is 10.0. The number of benzene rings is 2. The fourth-order valence-corrected chi connectivity index (χ4v) is 3.21. The number of nitrogens with zero attached hydrogens (tertiary/aromatic N) is 1. The van der Waals surface area contributed by atoms with Crippen LogP contribution in [0.25, 0.3) is 0 Å². The normalized spacial score (nSPS) is 14.7. The van der Waals surface area contributed by atoms with Crippen molar-refractivity contribution in [2.24, 2.45) is 0 Å². The summed E-state index contributed by atoms with van der Waals surface area (Å²) >= 11 is 0. The molecule has 3 N–H and O–H groups in total. The first-order valence-corrected chi connectivity index (χ1v) is 10.0. The number of carbonyl (C=O) groups excluding carboxylic acids is 2. The Bertz CT molecular complexity index is 789. The molecule has 1 fully saturated rings. The van der Waals surface area contributed by atoms with Crippen molar-refractivity contribution in [3.05, 3.63) is 54.6 Å². The predicted octanol–water partition coefficient (Wildman–Crippen LogP) is 3.45. The van der Waals surface area contributed by atoms with E-state index < -0.39 is 12.1 Å². The van der Waals surface area contributed by atoms with E-state index >= 15 is 0 Å². The van der Waals surface area contributed by atoms with Crippen LogP contribution < -0.4 is 20.9 Å². The van der Waals surface area contributed by atoms with Gasteiger partial charge in [0, 0.05) is 30.2 Å². The average Bonchev–Trinajstić information content (AvgIpc) is 2.75. The van der Waals surface area contributed by atoms with Crippen LogP contribution in [0.5, 0.6) is 0 Å². The van der Waals surface area contributed by atoms with Crippen LogP contribution in [0.2, 0.25) is 0 Å². The van der Waals surface area contributed by atoms with Gasteiger partial charge in [-0.2, -0.15) is 0 Å². The first-order chi connectivity index (χ1) is 14.2. The maximum atomic E-state index is 12.7. The summed E-state index contributed by atoms with van der Waals surface area (Å²) in [7, 11) is 0. The van der Waals surface area contributed by atoms with Gasteiger partial charge in [0.25, 0.3) is 0 Å². The Hall–Kier alpha value is -3.06. The lowest BCUT2D eigenvalue weighted by atomic mass is 10.1. The number of para-hydroxylation sites is 1. The topological polar surface area (TPSA) is 82.7 Å². The van der Waals surface area contributed by atoms with Crippen LogP contribution in [0.15, 0.2) is 54.6 Å². The monoisotopic (exact) mass is 396 g/mol. The minimum atomic E-state index is -0.609. The van der Waals surface area contributed by atoms with Crippen LogP contribution in [0, 0.1) is 0 Å². The third-order valence-electron chi connectivity index (χ3n) is 4.74. The molecule has 1 saturated heterocycles. The highest BCUT2D eigenvalue weighted by molar-refractivity contribution is 5.99. The summed E-state index contributed by atoms with van der Waals surface area (Å²) in [6.45, 7) is 5.17. The quantitative estimate of drug-likeness (QED) is 0.669. The number of rotatable bonds is 7. The molecule has 2 aromatic carbocycles. The summed E-state index contributed by atoms with van der Waals surface area (Å²) in [5, 5.41) is 8.41. The molecule has 2 aromatic rings. The molecule has 1 unspecified atom stereocenters. The van der Waals surface area contributed by atoms with E-state index in [1.165, 1.54) is 0 Å². The molecule has 3 rings (SSSR count). The zero-order valence-corrected chi connectivity index (χ0v) is 16.7. The van der Waals surface area contributed by atoms with Crippen molar-refractivity contribution in [3.8, 4) is 0 Å². The minimum Gasteiger partial charge on any atom is -0.378 e. The summed E-state index contributed by atoms with van der Waals surface area (Å²) in [6, 6.07) is 15.9. The van der Waals surface area contributed by atoms with Gasteiger partial charge in [0.2, 0.25) is 5.91 Å². The van der Waals surface area contributed by atoms with Gasteiger partial charge in [0.05, 0.1) is 13.2 Å².